The van der Waals surface area contributed by atoms with Gasteiger partial charge in [-0.05, 0) is 49.1 Å². The zero-order chi connectivity index (χ0) is 21.7. The molecule has 4 rings (SSSR count). The minimum absolute atomic E-state index is 0. The maximum atomic E-state index is 14.6. The Labute approximate surface area is 205 Å². The zero-order valence-corrected chi connectivity index (χ0v) is 20.7. The van der Waals surface area contributed by atoms with Gasteiger partial charge in [0.1, 0.15) is 11.6 Å². The molecule has 0 unspecified atom stereocenters. The zero-order valence-electron chi connectivity index (χ0n) is 18.4. The summed E-state index contributed by atoms with van der Waals surface area (Å²) >= 11 is 0. The first-order chi connectivity index (χ1) is 15.1. The normalized spacial score (nSPS) is 17.5. The van der Waals surface area contributed by atoms with Crippen molar-refractivity contribution in [1.82, 2.24) is 10.6 Å². The first-order valence-corrected chi connectivity index (χ1v) is 11.0. The SMILES string of the molecule is CCNC(=NCc1ccc(N2CCOCC2)c(F)c1)NCC1(c2ccccc2F)CC1.I. The molecule has 2 N–H and O–H groups in total. The molecule has 2 fully saturated rings. The van der Waals surface area contributed by atoms with E-state index in [1.165, 1.54) is 6.07 Å². The first-order valence-electron chi connectivity index (χ1n) is 11.0. The number of nitrogens with zero attached hydrogens (tertiary/aromatic N) is 2. The van der Waals surface area contributed by atoms with Crippen LogP contribution in [0.1, 0.15) is 30.9 Å². The minimum Gasteiger partial charge on any atom is -0.378 e. The van der Waals surface area contributed by atoms with Crippen LogP contribution in [0.25, 0.3) is 0 Å². The van der Waals surface area contributed by atoms with Gasteiger partial charge < -0.3 is 20.3 Å². The van der Waals surface area contributed by atoms with Crippen molar-refractivity contribution in [3.8, 4) is 0 Å². The number of anilines is 1. The second-order valence-electron chi connectivity index (χ2n) is 8.19. The molecule has 8 heteroatoms. The molecular formula is C24H31F2IN4O. The third kappa shape index (κ3) is 5.89. The Bertz CT molecular complexity index is 930. The van der Waals surface area contributed by atoms with Crippen molar-refractivity contribution in [2.45, 2.75) is 31.7 Å². The lowest BCUT2D eigenvalue weighted by Gasteiger charge is -2.29. The van der Waals surface area contributed by atoms with Crippen molar-refractivity contribution in [3.63, 3.8) is 0 Å². The van der Waals surface area contributed by atoms with Gasteiger partial charge in [0.25, 0.3) is 0 Å². The fraction of sp³-hybridized carbons (Fsp3) is 0.458. The smallest absolute Gasteiger partial charge is 0.191 e. The summed E-state index contributed by atoms with van der Waals surface area (Å²) in [5.74, 6) is 0.270. The van der Waals surface area contributed by atoms with Gasteiger partial charge in [0.2, 0.25) is 0 Å². The van der Waals surface area contributed by atoms with E-state index in [0.29, 0.717) is 57.6 Å². The van der Waals surface area contributed by atoms with E-state index in [-0.39, 0.29) is 41.0 Å². The highest BCUT2D eigenvalue weighted by atomic mass is 127. The number of halogens is 3. The Kier molecular flexibility index (Phi) is 8.70. The highest BCUT2D eigenvalue weighted by Crippen LogP contribution is 2.48. The van der Waals surface area contributed by atoms with Gasteiger partial charge >= 0.3 is 0 Å². The predicted molar refractivity (Wildman–Crippen MR) is 135 cm³/mol. The lowest BCUT2D eigenvalue weighted by molar-refractivity contribution is 0.122. The number of morpholine rings is 1. The second-order valence-corrected chi connectivity index (χ2v) is 8.19. The third-order valence-corrected chi connectivity index (χ3v) is 6.02. The number of rotatable bonds is 7. The van der Waals surface area contributed by atoms with Crippen LogP contribution in [0.2, 0.25) is 0 Å². The lowest BCUT2D eigenvalue weighted by atomic mass is 9.95. The van der Waals surface area contributed by atoms with E-state index in [2.05, 4.69) is 15.6 Å². The molecule has 32 heavy (non-hydrogen) atoms. The number of ether oxygens (including phenoxy) is 1. The fourth-order valence-electron chi connectivity index (χ4n) is 4.06. The van der Waals surface area contributed by atoms with Gasteiger partial charge in [-0.15, -0.1) is 24.0 Å². The maximum absolute atomic E-state index is 14.6. The lowest BCUT2D eigenvalue weighted by Crippen LogP contribution is -2.41. The van der Waals surface area contributed by atoms with Crippen molar-refractivity contribution >= 4 is 35.6 Å². The van der Waals surface area contributed by atoms with Gasteiger partial charge in [-0.25, -0.2) is 13.8 Å². The molecule has 0 radical (unpaired) electrons. The predicted octanol–water partition coefficient (Wildman–Crippen LogP) is 4.21. The fourth-order valence-corrected chi connectivity index (χ4v) is 4.06. The van der Waals surface area contributed by atoms with Crippen LogP contribution >= 0.6 is 24.0 Å². The van der Waals surface area contributed by atoms with Crippen molar-refractivity contribution in [3.05, 3.63) is 65.2 Å². The first kappa shape index (κ1) is 24.7. The van der Waals surface area contributed by atoms with Gasteiger partial charge in [0, 0.05) is 31.6 Å². The average Bonchev–Trinajstić information content (AvgIpc) is 3.57. The molecule has 0 spiro atoms. The molecule has 1 aliphatic heterocycles. The molecular weight excluding hydrogens is 525 g/mol. The minimum atomic E-state index is -0.232. The number of nitrogens with one attached hydrogen (secondary N) is 2. The summed E-state index contributed by atoms with van der Waals surface area (Å²) in [7, 11) is 0. The third-order valence-electron chi connectivity index (χ3n) is 6.02. The maximum Gasteiger partial charge on any atom is 0.191 e. The van der Waals surface area contributed by atoms with Crippen LogP contribution in [-0.2, 0) is 16.7 Å². The van der Waals surface area contributed by atoms with Crippen LogP contribution in [0.4, 0.5) is 14.5 Å². The summed E-state index contributed by atoms with van der Waals surface area (Å²) in [6.45, 7) is 6.33. The van der Waals surface area contributed by atoms with E-state index in [0.717, 1.165) is 24.0 Å². The molecule has 2 aliphatic rings. The molecule has 5 nitrogen and oxygen atoms in total. The Morgan fingerprint density at radius 3 is 2.47 bits per heavy atom. The van der Waals surface area contributed by atoms with Gasteiger partial charge in [0.15, 0.2) is 5.96 Å². The van der Waals surface area contributed by atoms with E-state index in [4.69, 9.17) is 4.74 Å². The van der Waals surface area contributed by atoms with Crippen LogP contribution in [0.15, 0.2) is 47.5 Å². The topological polar surface area (TPSA) is 48.9 Å². The number of aliphatic imine (C=N–C) groups is 1. The summed E-state index contributed by atoms with van der Waals surface area (Å²) in [5, 5.41) is 6.58. The summed E-state index contributed by atoms with van der Waals surface area (Å²) in [4.78, 5) is 6.62. The molecule has 174 valence electrons. The van der Waals surface area contributed by atoms with Crippen LogP contribution < -0.4 is 15.5 Å². The van der Waals surface area contributed by atoms with E-state index >= 15 is 0 Å². The monoisotopic (exact) mass is 556 g/mol. The van der Waals surface area contributed by atoms with Gasteiger partial charge in [-0.2, -0.15) is 0 Å². The van der Waals surface area contributed by atoms with Gasteiger partial charge in [-0.1, -0.05) is 24.3 Å². The molecule has 2 aromatic rings. The van der Waals surface area contributed by atoms with Crippen LogP contribution in [0.5, 0.6) is 0 Å². The summed E-state index contributed by atoms with van der Waals surface area (Å²) < 4.78 is 34.2. The van der Waals surface area contributed by atoms with Crippen LogP contribution in [0, 0.1) is 11.6 Å². The molecule has 0 amide bonds. The highest BCUT2D eigenvalue weighted by Gasteiger charge is 2.45. The van der Waals surface area contributed by atoms with Crippen molar-refractivity contribution < 1.29 is 13.5 Å². The molecule has 1 saturated carbocycles. The van der Waals surface area contributed by atoms with Crippen molar-refractivity contribution in [2.24, 2.45) is 4.99 Å². The van der Waals surface area contributed by atoms with Crippen molar-refractivity contribution in [1.29, 1.82) is 0 Å². The molecule has 0 bridgehead atoms. The van der Waals surface area contributed by atoms with Gasteiger partial charge in [-0.3, -0.25) is 0 Å². The van der Waals surface area contributed by atoms with Crippen LogP contribution in [-0.4, -0.2) is 45.4 Å². The Morgan fingerprint density at radius 1 is 1.06 bits per heavy atom. The van der Waals surface area contributed by atoms with E-state index in [1.54, 1.807) is 12.1 Å². The van der Waals surface area contributed by atoms with E-state index < -0.39 is 0 Å². The number of guanidine groups is 1. The number of benzene rings is 2. The largest absolute Gasteiger partial charge is 0.378 e. The summed E-state index contributed by atoms with van der Waals surface area (Å²) in [6, 6.07) is 12.3. The standard InChI is InChI=1S/C24H30F2N4O.HI/c1-2-27-23(29-17-24(9-10-24)19-5-3-4-6-20(19)25)28-16-18-7-8-22(21(26)15-18)30-11-13-31-14-12-30;/h3-8,15H,2,9-14,16-17H2,1H3,(H2,27,28,29);1H. The molecule has 0 aromatic heterocycles. The Balaban J connectivity index is 0.00000289. The summed E-state index contributed by atoms with van der Waals surface area (Å²) in [6.07, 6.45) is 1.91. The van der Waals surface area contributed by atoms with E-state index in [9.17, 15) is 8.78 Å². The quantitative estimate of drug-likeness (QED) is 0.305. The van der Waals surface area contributed by atoms with Gasteiger partial charge in [0.05, 0.1) is 25.4 Å². The Morgan fingerprint density at radius 2 is 1.81 bits per heavy atom. The second kappa shape index (κ2) is 11.3. The number of hydrogen-bond donors (Lipinski definition) is 2. The van der Waals surface area contributed by atoms with E-state index in [1.807, 2.05) is 36.1 Å². The average molecular weight is 556 g/mol. The molecule has 1 heterocycles. The number of hydrogen-bond acceptors (Lipinski definition) is 3. The molecule has 2 aromatic carbocycles. The molecule has 1 aliphatic carbocycles. The van der Waals surface area contributed by atoms with Crippen LogP contribution in [0.3, 0.4) is 0 Å². The molecule has 0 atom stereocenters. The Hall–Kier alpha value is -1.94. The van der Waals surface area contributed by atoms with Crippen molar-refractivity contribution in [2.75, 3.05) is 44.3 Å². The summed E-state index contributed by atoms with van der Waals surface area (Å²) in [5.41, 5.74) is 2.01. The molecule has 1 saturated heterocycles. The highest BCUT2D eigenvalue weighted by molar-refractivity contribution is 14.0.